The molecule has 0 fully saturated rings. The van der Waals surface area contributed by atoms with Crippen LogP contribution in [0.3, 0.4) is 0 Å². The van der Waals surface area contributed by atoms with Crippen molar-refractivity contribution >= 4 is 5.97 Å². The van der Waals surface area contributed by atoms with Crippen molar-refractivity contribution in [1.29, 1.82) is 0 Å². The summed E-state index contributed by atoms with van der Waals surface area (Å²) in [7, 11) is 1.45. The molecule has 0 radical (unpaired) electrons. The zero-order chi connectivity index (χ0) is 19.3. The number of hydrogen-bond donors (Lipinski definition) is 1. The molecule has 2 aromatic rings. The van der Waals surface area contributed by atoms with Gasteiger partial charge < -0.3 is 19.3 Å². The van der Waals surface area contributed by atoms with Gasteiger partial charge in [0.25, 0.3) is 0 Å². The third-order valence-corrected chi connectivity index (χ3v) is 4.22. The highest BCUT2D eigenvalue weighted by atomic mass is 19.1. The average molecular weight is 362 g/mol. The molecule has 0 unspecified atom stereocenters. The van der Waals surface area contributed by atoms with Crippen LogP contribution in [0.15, 0.2) is 24.3 Å². The van der Waals surface area contributed by atoms with E-state index in [9.17, 15) is 14.3 Å². The summed E-state index contributed by atoms with van der Waals surface area (Å²) >= 11 is 0. The number of carboxylic acid groups (broad SMARTS) is 1. The first-order chi connectivity index (χ1) is 12.4. The fourth-order valence-corrected chi connectivity index (χ4v) is 2.78. The molecule has 140 valence electrons. The largest absolute Gasteiger partial charge is 0.495 e. The van der Waals surface area contributed by atoms with Gasteiger partial charge >= 0.3 is 5.97 Å². The summed E-state index contributed by atoms with van der Waals surface area (Å²) in [5.41, 5.74) is 2.22. The van der Waals surface area contributed by atoms with E-state index in [4.69, 9.17) is 14.2 Å². The molecule has 0 aliphatic heterocycles. The van der Waals surface area contributed by atoms with Crippen LogP contribution in [0, 0.1) is 26.6 Å². The zero-order valence-electron chi connectivity index (χ0n) is 15.4. The van der Waals surface area contributed by atoms with Gasteiger partial charge in [-0.15, -0.1) is 0 Å². The van der Waals surface area contributed by atoms with E-state index < -0.39 is 5.97 Å². The van der Waals surface area contributed by atoms with Crippen molar-refractivity contribution in [3.63, 3.8) is 0 Å². The molecule has 5 nitrogen and oxygen atoms in total. The molecule has 0 heterocycles. The Kier molecular flexibility index (Phi) is 6.44. The number of hydrogen-bond acceptors (Lipinski definition) is 4. The average Bonchev–Trinajstić information content (AvgIpc) is 2.61. The Bertz CT molecular complexity index is 784. The van der Waals surface area contributed by atoms with Crippen LogP contribution in [0.25, 0.3) is 0 Å². The summed E-state index contributed by atoms with van der Waals surface area (Å²) in [5.74, 6) is 0.219. The molecule has 0 saturated carbocycles. The molecule has 0 aliphatic carbocycles. The molecule has 0 saturated heterocycles. The third-order valence-electron chi connectivity index (χ3n) is 4.22. The lowest BCUT2D eigenvalue weighted by molar-refractivity contribution is 0.0692. The highest BCUT2D eigenvalue weighted by Gasteiger charge is 2.23. The van der Waals surface area contributed by atoms with E-state index in [2.05, 4.69) is 0 Å². The van der Waals surface area contributed by atoms with Crippen LogP contribution in [0.5, 0.6) is 17.2 Å². The Balaban J connectivity index is 2.02. The number of aromatic carboxylic acids is 1. The maximum absolute atomic E-state index is 12.8. The van der Waals surface area contributed by atoms with E-state index in [1.807, 2.05) is 6.92 Å². The fraction of sp³-hybridized carbons (Fsp3) is 0.350. The van der Waals surface area contributed by atoms with Crippen LogP contribution >= 0.6 is 0 Å². The molecule has 0 aromatic heterocycles. The van der Waals surface area contributed by atoms with Crippen molar-refractivity contribution in [2.45, 2.75) is 27.2 Å². The lowest BCUT2D eigenvalue weighted by atomic mass is 9.97. The van der Waals surface area contributed by atoms with Crippen molar-refractivity contribution in [1.82, 2.24) is 0 Å². The van der Waals surface area contributed by atoms with Gasteiger partial charge in [-0.3, -0.25) is 0 Å². The molecule has 0 bridgehead atoms. The van der Waals surface area contributed by atoms with E-state index in [0.717, 1.165) is 5.56 Å². The Morgan fingerprint density at radius 1 is 0.962 bits per heavy atom. The van der Waals surface area contributed by atoms with Crippen LogP contribution < -0.4 is 14.2 Å². The number of carboxylic acids is 1. The molecule has 2 aromatic carbocycles. The third kappa shape index (κ3) is 4.25. The second-order valence-electron chi connectivity index (χ2n) is 5.92. The van der Waals surface area contributed by atoms with Crippen molar-refractivity contribution in [2.75, 3.05) is 20.3 Å². The Labute approximate surface area is 152 Å². The summed E-state index contributed by atoms with van der Waals surface area (Å²) in [6.45, 7) is 6.18. The van der Waals surface area contributed by atoms with Crippen LogP contribution in [0.1, 0.15) is 33.5 Å². The minimum absolute atomic E-state index is 0.162. The van der Waals surface area contributed by atoms with Gasteiger partial charge in [0.2, 0.25) is 0 Å². The zero-order valence-corrected chi connectivity index (χ0v) is 15.4. The van der Waals surface area contributed by atoms with Gasteiger partial charge in [-0.1, -0.05) is 0 Å². The standard InChI is InChI=1S/C20H23FO5/c1-12-13(2)18(14(3)19(24-4)17(12)20(22)23)26-11-5-10-25-16-8-6-15(21)7-9-16/h6-9H,5,10-11H2,1-4H3,(H,22,23). The van der Waals surface area contributed by atoms with Gasteiger partial charge in [0.05, 0.1) is 20.3 Å². The highest BCUT2D eigenvalue weighted by molar-refractivity contribution is 5.94. The number of halogens is 1. The molecule has 0 amide bonds. The van der Waals surface area contributed by atoms with Crippen LogP contribution in [-0.4, -0.2) is 31.4 Å². The van der Waals surface area contributed by atoms with E-state index in [0.29, 0.717) is 48.0 Å². The molecule has 6 heteroatoms. The first-order valence-electron chi connectivity index (χ1n) is 8.29. The summed E-state index contributed by atoms with van der Waals surface area (Å²) < 4.78 is 29.5. The minimum Gasteiger partial charge on any atom is -0.495 e. The number of rotatable bonds is 8. The molecular formula is C20H23FO5. The van der Waals surface area contributed by atoms with Gasteiger partial charge in [0.15, 0.2) is 0 Å². The second kappa shape index (κ2) is 8.56. The predicted molar refractivity (Wildman–Crippen MR) is 96.2 cm³/mol. The second-order valence-corrected chi connectivity index (χ2v) is 5.92. The summed E-state index contributed by atoms with van der Waals surface area (Å²) in [6.07, 6.45) is 0.623. The lowest BCUT2D eigenvalue weighted by Crippen LogP contribution is -2.11. The van der Waals surface area contributed by atoms with Gasteiger partial charge in [0, 0.05) is 12.0 Å². The topological polar surface area (TPSA) is 65.0 Å². The van der Waals surface area contributed by atoms with Gasteiger partial charge in [0.1, 0.15) is 28.6 Å². The first kappa shape index (κ1) is 19.6. The van der Waals surface area contributed by atoms with Crippen molar-refractivity contribution in [3.05, 3.63) is 52.3 Å². The van der Waals surface area contributed by atoms with E-state index in [1.165, 1.54) is 19.2 Å². The summed E-state index contributed by atoms with van der Waals surface area (Å²) in [6, 6.07) is 5.84. The van der Waals surface area contributed by atoms with E-state index >= 15 is 0 Å². The molecule has 0 spiro atoms. The Morgan fingerprint density at radius 2 is 1.58 bits per heavy atom. The highest BCUT2D eigenvalue weighted by Crippen LogP contribution is 2.38. The van der Waals surface area contributed by atoms with Crippen molar-refractivity contribution in [3.8, 4) is 17.2 Å². The number of carbonyl (C=O) groups is 1. The van der Waals surface area contributed by atoms with Crippen LogP contribution in [0.4, 0.5) is 4.39 Å². The summed E-state index contributed by atoms with van der Waals surface area (Å²) in [5, 5.41) is 9.43. The Hall–Kier alpha value is -2.76. The number of ether oxygens (including phenoxy) is 3. The minimum atomic E-state index is -1.02. The molecular weight excluding hydrogens is 339 g/mol. The smallest absolute Gasteiger partial charge is 0.339 e. The predicted octanol–water partition coefficient (Wildman–Crippen LogP) is 4.31. The number of benzene rings is 2. The van der Waals surface area contributed by atoms with Gasteiger partial charge in [-0.25, -0.2) is 9.18 Å². The molecule has 0 atom stereocenters. The SMILES string of the molecule is COc1c(C)c(OCCCOc2ccc(F)cc2)c(C)c(C)c1C(=O)O. The quantitative estimate of drug-likeness (QED) is 0.709. The molecule has 26 heavy (non-hydrogen) atoms. The normalized spacial score (nSPS) is 10.5. The van der Waals surface area contributed by atoms with Gasteiger partial charge in [-0.05, 0) is 56.2 Å². The Morgan fingerprint density at radius 3 is 2.15 bits per heavy atom. The lowest BCUT2D eigenvalue weighted by Gasteiger charge is -2.19. The van der Waals surface area contributed by atoms with Crippen molar-refractivity contribution < 1.29 is 28.5 Å². The van der Waals surface area contributed by atoms with Gasteiger partial charge in [-0.2, -0.15) is 0 Å². The monoisotopic (exact) mass is 362 g/mol. The maximum Gasteiger partial charge on any atom is 0.339 e. The molecule has 1 N–H and O–H groups in total. The van der Waals surface area contributed by atoms with Crippen LogP contribution in [-0.2, 0) is 0 Å². The first-order valence-corrected chi connectivity index (χ1v) is 8.29. The van der Waals surface area contributed by atoms with E-state index in [1.54, 1.807) is 26.0 Å². The van der Waals surface area contributed by atoms with Crippen LogP contribution in [0.2, 0.25) is 0 Å². The fourth-order valence-electron chi connectivity index (χ4n) is 2.78. The van der Waals surface area contributed by atoms with E-state index in [-0.39, 0.29) is 11.4 Å². The molecule has 2 rings (SSSR count). The van der Waals surface area contributed by atoms with Crippen molar-refractivity contribution in [2.24, 2.45) is 0 Å². The maximum atomic E-state index is 12.8. The number of methoxy groups -OCH3 is 1. The molecule has 0 aliphatic rings. The summed E-state index contributed by atoms with van der Waals surface area (Å²) in [4.78, 5) is 11.5.